The molecule has 0 N–H and O–H groups in total. The van der Waals surface area contributed by atoms with Crippen LogP contribution in [-0.4, -0.2) is 13.1 Å². The maximum absolute atomic E-state index is 3.99. The van der Waals surface area contributed by atoms with Crippen molar-refractivity contribution in [3.8, 4) is 0 Å². The van der Waals surface area contributed by atoms with Gasteiger partial charge in [0.1, 0.15) is 0 Å². The Hall–Kier alpha value is -1.50. The monoisotopic (exact) mass is 215 g/mol. The normalized spacial score (nSPS) is 9.94. The van der Waals surface area contributed by atoms with Gasteiger partial charge in [-0.2, -0.15) is 0 Å². The van der Waals surface area contributed by atoms with Gasteiger partial charge in [-0.1, -0.05) is 42.5 Å². The zero-order chi connectivity index (χ0) is 12.1. The number of benzene rings is 1. The van der Waals surface area contributed by atoms with E-state index in [1.54, 1.807) is 0 Å². The van der Waals surface area contributed by atoms with E-state index in [-0.39, 0.29) is 0 Å². The Labute approximate surface area is 99.1 Å². The highest BCUT2D eigenvalue weighted by atomic mass is 15.1. The van der Waals surface area contributed by atoms with Crippen molar-refractivity contribution in [2.45, 2.75) is 20.8 Å². The molecule has 0 aliphatic carbocycles. The second-order valence-electron chi connectivity index (χ2n) is 4.56. The number of para-hydroxylation sites is 1. The topological polar surface area (TPSA) is 3.24 Å². The lowest BCUT2D eigenvalue weighted by Gasteiger charge is -2.26. The highest BCUT2D eigenvalue weighted by molar-refractivity contribution is 5.54. The summed E-state index contributed by atoms with van der Waals surface area (Å²) in [6, 6.07) is 8.44. The van der Waals surface area contributed by atoms with Gasteiger partial charge in [-0.05, 0) is 32.4 Å². The molecule has 0 aliphatic rings. The van der Waals surface area contributed by atoms with E-state index < -0.39 is 0 Å². The third kappa shape index (κ3) is 3.58. The maximum Gasteiger partial charge on any atom is 0.0401 e. The van der Waals surface area contributed by atoms with Crippen LogP contribution in [0.25, 0.3) is 0 Å². The van der Waals surface area contributed by atoms with Crippen LogP contribution in [-0.2, 0) is 0 Å². The van der Waals surface area contributed by atoms with Crippen LogP contribution >= 0.6 is 0 Å². The van der Waals surface area contributed by atoms with Crippen molar-refractivity contribution >= 4 is 5.69 Å². The summed E-state index contributed by atoms with van der Waals surface area (Å²) in [7, 11) is 0. The predicted octanol–water partition coefficient (Wildman–Crippen LogP) is 3.95. The zero-order valence-corrected chi connectivity index (χ0v) is 10.6. The molecule has 1 heteroatoms. The molecule has 0 bridgehead atoms. The Morgan fingerprint density at radius 2 is 1.56 bits per heavy atom. The first kappa shape index (κ1) is 12.6. The fourth-order valence-electron chi connectivity index (χ4n) is 1.80. The lowest BCUT2D eigenvalue weighted by Crippen LogP contribution is -2.27. The predicted molar refractivity (Wildman–Crippen MR) is 73.0 cm³/mol. The first-order chi connectivity index (χ1) is 7.50. The molecule has 1 nitrogen and oxygen atoms in total. The Balaban J connectivity index is 2.96. The summed E-state index contributed by atoms with van der Waals surface area (Å²) in [5, 5.41) is 0. The number of hydrogen-bond donors (Lipinski definition) is 0. The van der Waals surface area contributed by atoms with Gasteiger partial charge in [-0.15, -0.1) is 0 Å². The summed E-state index contributed by atoms with van der Waals surface area (Å²) in [5.41, 5.74) is 4.91. The molecule has 0 heterocycles. The van der Waals surface area contributed by atoms with E-state index in [0.29, 0.717) is 0 Å². The molecule has 1 aromatic carbocycles. The third-order valence-electron chi connectivity index (χ3n) is 2.38. The molecule has 1 aromatic rings. The fourth-order valence-corrected chi connectivity index (χ4v) is 1.80. The highest BCUT2D eigenvalue weighted by Gasteiger charge is 2.08. The lowest BCUT2D eigenvalue weighted by molar-refractivity contribution is 0.890. The number of hydrogen-bond acceptors (Lipinski definition) is 1. The fraction of sp³-hybridized carbons (Fsp3) is 0.333. The number of aryl methyl sites for hydroxylation is 1. The van der Waals surface area contributed by atoms with E-state index >= 15 is 0 Å². The maximum atomic E-state index is 3.99. The molecular formula is C15H21N. The van der Waals surface area contributed by atoms with Crippen molar-refractivity contribution in [2.24, 2.45) is 0 Å². The van der Waals surface area contributed by atoms with Gasteiger partial charge < -0.3 is 4.90 Å². The van der Waals surface area contributed by atoms with Crippen LogP contribution in [0.2, 0.25) is 0 Å². The zero-order valence-electron chi connectivity index (χ0n) is 10.6. The molecule has 0 aliphatic heterocycles. The van der Waals surface area contributed by atoms with E-state index in [1.165, 1.54) is 22.4 Å². The van der Waals surface area contributed by atoms with E-state index in [2.05, 4.69) is 63.1 Å². The van der Waals surface area contributed by atoms with Crippen molar-refractivity contribution in [3.05, 3.63) is 54.1 Å². The summed E-state index contributed by atoms with van der Waals surface area (Å²) in [5.74, 6) is 0. The standard InChI is InChI=1S/C15H21N/c1-12(2)10-16(11-13(3)4)15-9-7-6-8-14(15)5/h6-9H,1,3,10-11H2,2,4-5H3. The molecule has 0 atom stereocenters. The lowest BCUT2D eigenvalue weighted by atomic mass is 10.1. The van der Waals surface area contributed by atoms with Crippen LogP contribution in [0.1, 0.15) is 19.4 Å². The van der Waals surface area contributed by atoms with Gasteiger partial charge >= 0.3 is 0 Å². The molecule has 0 aromatic heterocycles. The molecule has 0 saturated carbocycles. The smallest absolute Gasteiger partial charge is 0.0401 e. The molecule has 0 spiro atoms. The van der Waals surface area contributed by atoms with Crippen molar-refractivity contribution in [1.82, 2.24) is 0 Å². The second-order valence-corrected chi connectivity index (χ2v) is 4.56. The van der Waals surface area contributed by atoms with Crippen LogP contribution in [0.15, 0.2) is 48.6 Å². The van der Waals surface area contributed by atoms with Crippen molar-refractivity contribution < 1.29 is 0 Å². The van der Waals surface area contributed by atoms with Crippen LogP contribution < -0.4 is 4.90 Å². The Morgan fingerprint density at radius 1 is 1.06 bits per heavy atom. The Morgan fingerprint density at radius 3 is 2.00 bits per heavy atom. The van der Waals surface area contributed by atoms with Crippen LogP contribution in [0.3, 0.4) is 0 Å². The van der Waals surface area contributed by atoms with Crippen LogP contribution in [0, 0.1) is 6.92 Å². The van der Waals surface area contributed by atoms with Crippen molar-refractivity contribution in [2.75, 3.05) is 18.0 Å². The molecule has 0 fully saturated rings. The summed E-state index contributed by atoms with van der Waals surface area (Å²) < 4.78 is 0. The summed E-state index contributed by atoms with van der Waals surface area (Å²) in [6.45, 7) is 16.0. The number of nitrogens with zero attached hydrogens (tertiary/aromatic N) is 1. The van der Waals surface area contributed by atoms with Gasteiger partial charge in [0, 0.05) is 18.8 Å². The van der Waals surface area contributed by atoms with Gasteiger partial charge in [0.05, 0.1) is 0 Å². The van der Waals surface area contributed by atoms with Gasteiger partial charge in [-0.25, -0.2) is 0 Å². The van der Waals surface area contributed by atoms with E-state index in [1.807, 2.05) is 0 Å². The van der Waals surface area contributed by atoms with Gasteiger partial charge in [-0.3, -0.25) is 0 Å². The first-order valence-corrected chi connectivity index (χ1v) is 5.60. The van der Waals surface area contributed by atoms with E-state index in [0.717, 1.165) is 13.1 Å². The largest absolute Gasteiger partial charge is 0.363 e. The van der Waals surface area contributed by atoms with E-state index in [4.69, 9.17) is 0 Å². The van der Waals surface area contributed by atoms with Crippen LogP contribution in [0.4, 0.5) is 5.69 Å². The highest BCUT2D eigenvalue weighted by Crippen LogP contribution is 2.20. The first-order valence-electron chi connectivity index (χ1n) is 5.60. The van der Waals surface area contributed by atoms with Gasteiger partial charge in [0.25, 0.3) is 0 Å². The Bertz CT molecular complexity index is 374. The average molecular weight is 215 g/mol. The summed E-state index contributed by atoms with van der Waals surface area (Å²) in [6.07, 6.45) is 0. The average Bonchev–Trinajstić information content (AvgIpc) is 2.15. The molecule has 86 valence electrons. The number of rotatable bonds is 5. The van der Waals surface area contributed by atoms with Gasteiger partial charge in [0.2, 0.25) is 0 Å². The molecule has 1 rings (SSSR count). The molecule has 0 amide bonds. The molecule has 0 unspecified atom stereocenters. The molecule has 16 heavy (non-hydrogen) atoms. The van der Waals surface area contributed by atoms with Crippen molar-refractivity contribution in [3.63, 3.8) is 0 Å². The summed E-state index contributed by atoms with van der Waals surface area (Å²) in [4.78, 5) is 2.32. The minimum Gasteiger partial charge on any atom is -0.363 e. The Kier molecular flexibility index (Phi) is 4.36. The van der Waals surface area contributed by atoms with E-state index in [9.17, 15) is 0 Å². The third-order valence-corrected chi connectivity index (χ3v) is 2.38. The van der Waals surface area contributed by atoms with Crippen molar-refractivity contribution in [1.29, 1.82) is 0 Å². The minimum atomic E-state index is 0.887. The second kappa shape index (κ2) is 5.55. The molecule has 0 radical (unpaired) electrons. The SMILES string of the molecule is C=C(C)CN(CC(=C)C)c1ccccc1C. The minimum absolute atomic E-state index is 0.887. The van der Waals surface area contributed by atoms with Crippen LogP contribution in [0.5, 0.6) is 0 Å². The molecular weight excluding hydrogens is 194 g/mol. The quantitative estimate of drug-likeness (QED) is 0.672. The summed E-state index contributed by atoms with van der Waals surface area (Å²) >= 11 is 0. The van der Waals surface area contributed by atoms with Gasteiger partial charge in [0.15, 0.2) is 0 Å². The molecule has 0 saturated heterocycles. The number of anilines is 1.